The minimum Gasteiger partial charge on any atom is -0.460 e. The molecule has 1 atom stereocenters. The fraction of sp³-hybridized carbons (Fsp3) is 0.545. The first-order valence-corrected chi connectivity index (χ1v) is 9.75. The van der Waals surface area contributed by atoms with Crippen LogP contribution in [-0.2, 0) is 24.4 Å². The molecule has 1 aromatic carbocycles. The van der Waals surface area contributed by atoms with E-state index in [-0.39, 0.29) is 18.1 Å². The van der Waals surface area contributed by atoms with E-state index in [0.29, 0.717) is 31.0 Å². The fourth-order valence-corrected chi connectivity index (χ4v) is 3.22. The molecule has 1 N–H and O–H groups in total. The van der Waals surface area contributed by atoms with Crippen LogP contribution in [0.4, 0.5) is 4.79 Å². The van der Waals surface area contributed by atoms with Gasteiger partial charge in [0, 0.05) is 19.9 Å². The number of hydrogen-bond donors (Lipinski definition) is 1. The molecular formula is C22H32N2O5. The maximum Gasteiger partial charge on any atom is 0.338 e. The van der Waals surface area contributed by atoms with Crippen LogP contribution in [-0.4, -0.2) is 57.5 Å². The van der Waals surface area contributed by atoms with Crippen LogP contribution in [0.1, 0.15) is 44.9 Å². The molecule has 2 amide bonds. The first kappa shape index (κ1) is 22.9. The molecule has 2 rings (SSSR count). The van der Waals surface area contributed by atoms with Crippen LogP contribution in [0.15, 0.2) is 35.5 Å². The van der Waals surface area contributed by atoms with E-state index in [2.05, 4.69) is 26.1 Å². The van der Waals surface area contributed by atoms with Gasteiger partial charge in [-0.25, -0.2) is 9.59 Å². The molecule has 1 aliphatic heterocycles. The van der Waals surface area contributed by atoms with Gasteiger partial charge in [-0.15, -0.1) is 0 Å². The Balaban J connectivity index is 2.41. The molecule has 0 saturated heterocycles. The average Bonchev–Trinajstić information content (AvgIpc) is 2.67. The van der Waals surface area contributed by atoms with Crippen molar-refractivity contribution in [3.8, 4) is 0 Å². The van der Waals surface area contributed by atoms with Gasteiger partial charge in [0.25, 0.3) is 0 Å². The number of methoxy groups -OCH3 is 2. The molecule has 29 heavy (non-hydrogen) atoms. The third-order valence-corrected chi connectivity index (χ3v) is 4.97. The molecule has 160 valence electrons. The summed E-state index contributed by atoms with van der Waals surface area (Å²) in [4.78, 5) is 27.1. The predicted molar refractivity (Wildman–Crippen MR) is 111 cm³/mol. The summed E-state index contributed by atoms with van der Waals surface area (Å²) in [6.45, 7) is 9.34. The molecular weight excluding hydrogens is 372 g/mol. The Morgan fingerprint density at radius 1 is 1.07 bits per heavy atom. The summed E-state index contributed by atoms with van der Waals surface area (Å²) in [5.41, 5.74) is 3.00. The van der Waals surface area contributed by atoms with E-state index in [1.54, 1.807) is 21.1 Å². The lowest BCUT2D eigenvalue weighted by Crippen LogP contribution is -2.49. The highest BCUT2D eigenvalue weighted by Crippen LogP contribution is 2.32. The largest absolute Gasteiger partial charge is 0.460 e. The van der Waals surface area contributed by atoms with Crippen molar-refractivity contribution >= 4 is 12.0 Å². The fourth-order valence-electron chi connectivity index (χ4n) is 3.22. The molecule has 7 heteroatoms. The molecule has 0 spiro atoms. The monoisotopic (exact) mass is 404 g/mol. The van der Waals surface area contributed by atoms with Gasteiger partial charge in [-0.05, 0) is 23.5 Å². The van der Waals surface area contributed by atoms with Crippen molar-refractivity contribution in [1.29, 1.82) is 0 Å². The van der Waals surface area contributed by atoms with Gasteiger partial charge >= 0.3 is 12.0 Å². The van der Waals surface area contributed by atoms with E-state index >= 15 is 0 Å². The quantitative estimate of drug-likeness (QED) is 0.532. The molecule has 0 saturated carbocycles. The number of carbonyl (C=O) groups excluding carboxylic acids is 2. The zero-order valence-electron chi connectivity index (χ0n) is 18.2. The van der Waals surface area contributed by atoms with Crippen LogP contribution in [0.25, 0.3) is 0 Å². The van der Waals surface area contributed by atoms with E-state index in [4.69, 9.17) is 14.2 Å². The summed E-state index contributed by atoms with van der Waals surface area (Å²) in [5, 5.41) is 2.94. The van der Waals surface area contributed by atoms with Crippen LogP contribution in [0.3, 0.4) is 0 Å². The summed E-state index contributed by atoms with van der Waals surface area (Å²) < 4.78 is 15.4. The van der Waals surface area contributed by atoms with Gasteiger partial charge < -0.3 is 19.5 Å². The number of ether oxygens (including phenoxy) is 3. The molecule has 0 aromatic heterocycles. The van der Waals surface area contributed by atoms with Crippen LogP contribution in [0.2, 0.25) is 0 Å². The van der Waals surface area contributed by atoms with E-state index in [0.717, 1.165) is 5.56 Å². The Kier molecular flexibility index (Phi) is 7.81. The number of rotatable bonds is 8. The number of nitrogens with zero attached hydrogens (tertiary/aromatic N) is 1. The van der Waals surface area contributed by atoms with E-state index in [9.17, 15) is 9.59 Å². The first-order valence-electron chi connectivity index (χ1n) is 9.75. The smallest absolute Gasteiger partial charge is 0.338 e. The molecule has 7 nitrogen and oxygen atoms in total. The number of hydrogen-bond acceptors (Lipinski definition) is 5. The maximum absolute atomic E-state index is 12.9. The van der Waals surface area contributed by atoms with Gasteiger partial charge in [0.1, 0.15) is 6.61 Å². The van der Waals surface area contributed by atoms with E-state index < -0.39 is 12.0 Å². The summed E-state index contributed by atoms with van der Waals surface area (Å²) in [5.74, 6) is -0.466. The van der Waals surface area contributed by atoms with Crippen LogP contribution in [0.5, 0.6) is 0 Å². The number of allylic oxidation sites excluding steroid dienone is 1. The van der Waals surface area contributed by atoms with Gasteiger partial charge in [0.2, 0.25) is 0 Å². The van der Waals surface area contributed by atoms with Crippen molar-refractivity contribution in [3.05, 3.63) is 46.7 Å². The third kappa shape index (κ3) is 5.58. The lowest BCUT2D eigenvalue weighted by molar-refractivity contribution is -0.140. The minimum absolute atomic E-state index is 0.0129. The molecule has 1 unspecified atom stereocenters. The molecule has 0 radical (unpaired) electrons. The summed E-state index contributed by atoms with van der Waals surface area (Å²) in [6.07, 6.45) is 0. The second-order valence-corrected chi connectivity index (χ2v) is 8.03. The van der Waals surface area contributed by atoms with Crippen LogP contribution >= 0.6 is 0 Å². The van der Waals surface area contributed by atoms with Crippen LogP contribution < -0.4 is 5.32 Å². The Morgan fingerprint density at radius 3 is 2.24 bits per heavy atom. The number of urea groups is 1. The standard InChI is InChI=1S/C22H32N2O5/c1-15-18(20(25)29-14-13-28-6)19(23-21(26)24(15)11-12-27-5)16-7-9-17(10-8-16)22(2,3)4/h7-10,19H,11-14H2,1-6H3,(H,23,26). The highest BCUT2D eigenvalue weighted by molar-refractivity contribution is 5.95. The number of benzene rings is 1. The number of nitrogens with one attached hydrogen (secondary N) is 1. The predicted octanol–water partition coefficient (Wildman–Crippen LogP) is 3.16. The number of carbonyl (C=O) groups is 2. The van der Waals surface area contributed by atoms with Crippen molar-refractivity contribution in [2.45, 2.75) is 39.2 Å². The van der Waals surface area contributed by atoms with Crippen molar-refractivity contribution in [2.75, 3.05) is 40.6 Å². The summed E-state index contributed by atoms with van der Waals surface area (Å²) in [7, 11) is 3.12. The van der Waals surface area contributed by atoms with Gasteiger partial charge in [0.05, 0.1) is 31.4 Å². The zero-order chi connectivity index (χ0) is 21.6. The first-order chi connectivity index (χ1) is 13.7. The summed E-state index contributed by atoms with van der Waals surface area (Å²) in [6, 6.07) is 7.12. The van der Waals surface area contributed by atoms with Crippen LogP contribution in [0, 0.1) is 0 Å². The van der Waals surface area contributed by atoms with Gasteiger partial charge in [-0.1, -0.05) is 45.0 Å². The number of amides is 2. The Morgan fingerprint density at radius 2 is 1.69 bits per heavy atom. The van der Waals surface area contributed by atoms with E-state index in [1.165, 1.54) is 10.5 Å². The molecule has 1 aromatic rings. The third-order valence-electron chi connectivity index (χ3n) is 4.97. The highest BCUT2D eigenvalue weighted by atomic mass is 16.6. The Hall–Kier alpha value is -2.38. The second-order valence-electron chi connectivity index (χ2n) is 8.03. The normalized spacial score (nSPS) is 17.4. The highest BCUT2D eigenvalue weighted by Gasteiger charge is 2.36. The molecule has 1 aliphatic rings. The van der Waals surface area contributed by atoms with Gasteiger partial charge in [-0.3, -0.25) is 4.90 Å². The van der Waals surface area contributed by atoms with Gasteiger partial charge in [-0.2, -0.15) is 0 Å². The second kappa shape index (κ2) is 9.89. The topological polar surface area (TPSA) is 77.1 Å². The lowest BCUT2D eigenvalue weighted by atomic mass is 9.85. The molecule has 0 bridgehead atoms. The zero-order valence-corrected chi connectivity index (χ0v) is 18.2. The molecule has 1 heterocycles. The lowest BCUT2D eigenvalue weighted by Gasteiger charge is -2.35. The van der Waals surface area contributed by atoms with Crippen molar-refractivity contribution in [1.82, 2.24) is 10.2 Å². The van der Waals surface area contributed by atoms with Crippen molar-refractivity contribution < 1.29 is 23.8 Å². The van der Waals surface area contributed by atoms with Crippen molar-refractivity contribution in [2.24, 2.45) is 0 Å². The summed E-state index contributed by atoms with van der Waals surface area (Å²) >= 11 is 0. The number of esters is 1. The maximum atomic E-state index is 12.9. The average molecular weight is 405 g/mol. The van der Waals surface area contributed by atoms with Crippen molar-refractivity contribution in [3.63, 3.8) is 0 Å². The van der Waals surface area contributed by atoms with E-state index in [1.807, 2.05) is 24.3 Å². The Bertz CT molecular complexity index is 749. The molecule has 0 fully saturated rings. The minimum atomic E-state index is -0.578. The van der Waals surface area contributed by atoms with Gasteiger partial charge in [0.15, 0.2) is 0 Å². The molecule has 0 aliphatic carbocycles. The SMILES string of the molecule is COCCOC(=O)C1=C(C)N(CCOC)C(=O)NC1c1ccc(C(C)(C)C)cc1. The Labute approximate surface area is 173 Å².